The van der Waals surface area contributed by atoms with Gasteiger partial charge in [-0.1, -0.05) is 18.6 Å². The normalized spacial score (nSPS) is 13.9. The quantitative estimate of drug-likeness (QED) is 0.325. The highest BCUT2D eigenvalue weighted by Gasteiger charge is 2.14. The van der Waals surface area contributed by atoms with Gasteiger partial charge in [-0.2, -0.15) is 5.10 Å². The van der Waals surface area contributed by atoms with E-state index in [1.807, 2.05) is 71.4 Å². The monoisotopic (exact) mass is 496 g/mol. The molecule has 4 aromatic rings. The molecule has 0 atom stereocenters. The Balaban J connectivity index is 1.37. The number of rotatable bonds is 8. The van der Waals surface area contributed by atoms with Crippen LogP contribution in [0.2, 0.25) is 0 Å². The van der Waals surface area contributed by atoms with Crippen molar-refractivity contribution in [1.82, 2.24) is 14.7 Å². The Kier molecular flexibility index (Phi) is 7.51. The standard InChI is InChI=1S/C30H32N4O3/c1-22(35)31-25-9-5-24(6-10-25)30-21-29(32-34(30)26-11-13-27(36)14-12-26)23-7-15-28(16-8-23)37-20-19-33-17-3-2-4-18-33/h5-16,21,36H,2-4,17-20H2,1H3,(H,31,35). The van der Waals surface area contributed by atoms with Gasteiger partial charge in [0.1, 0.15) is 18.1 Å². The second-order valence-electron chi connectivity index (χ2n) is 9.38. The lowest BCUT2D eigenvalue weighted by atomic mass is 10.1. The molecule has 0 unspecified atom stereocenters. The number of nitrogens with zero attached hydrogens (tertiary/aromatic N) is 3. The highest BCUT2D eigenvalue weighted by Crippen LogP contribution is 2.31. The number of aromatic hydroxyl groups is 1. The van der Waals surface area contributed by atoms with Gasteiger partial charge < -0.3 is 15.2 Å². The lowest BCUT2D eigenvalue weighted by Crippen LogP contribution is -2.33. The lowest BCUT2D eigenvalue weighted by molar-refractivity contribution is -0.114. The number of likely N-dealkylation sites (tertiary alicyclic amines) is 1. The predicted octanol–water partition coefficient (Wildman–Crippen LogP) is 5.74. The molecule has 2 N–H and O–H groups in total. The number of piperidine rings is 1. The smallest absolute Gasteiger partial charge is 0.221 e. The third-order valence-corrected chi connectivity index (χ3v) is 6.58. The van der Waals surface area contributed by atoms with Crippen molar-refractivity contribution in [2.24, 2.45) is 0 Å². The molecule has 3 aromatic carbocycles. The summed E-state index contributed by atoms with van der Waals surface area (Å²) in [5.74, 6) is 0.948. The number of amides is 1. The van der Waals surface area contributed by atoms with Gasteiger partial charge in [-0.25, -0.2) is 4.68 Å². The molecule has 1 aliphatic heterocycles. The third-order valence-electron chi connectivity index (χ3n) is 6.58. The Morgan fingerprint density at radius 3 is 2.27 bits per heavy atom. The topological polar surface area (TPSA) is 79.6 Å². The van der Waals surface area contributed by atoms with E-state index in [1.54, 1.807) is 12.1 Å². The molecule has 0 saturated carbocycles. The Morgan fingerprint density at radius 1 is 0.919 bits per heavy atom. The number of aromatic nitrogens is 2. The molecular weight excluding hydrogens is 464 g/mol. The number of ether oxygens (including phenoxy) is 1. The van der Waals surface area contributed by atoms with Gasteiger partial charge in [0.05, 0.1) is 17.1 Å². The third kappa shape index (κ3) is 6.19. The molecule has 1 saturated heterocycles. The molecule has 7 nitrogen and oxygen atoms in total. The molecule has 0 aliphatic carbocycles. The molecule has 2 heterocycles. The zero-order valence-electron chi connectivity index (χ0n) is 21.1. The molecule has 37 heavy (non-hydrogen) atoms. The largest absolute Gasteiger partial charge is 0.508 e. The SMILES string of the molecule is CC(=O)Nc1ccc(-c2cc(-c3ccc(OCCN4CCCCC4)cc3)nn2-c2ccc(O)cc2)cc1. The number of phenols is 1. The number of benzene rings is 3. The van der Waals surface area contributed by atoms with Crippen LogP contribution in [0.4, 0.5) is 5.69 Å². The van der Waals surface area contributed by atoms with E-state index in [2.05, 4.69) is 10.2 Å². The molecule has 1 aliphatic rings. The number of nitrogens with one attached hydrogen (secondary N) is 1. The summed E-state index contributed by atoms with van der Waals surface area (Å²) in [6.07, 6.45) is 3.91. The summed E-state index contributed by atoms with van der Waals surface area (Å²) >= 11 is 0. The first-order chi connectivity index (χ1) is 18.0. The van der Waals surface area contributed by atoms with Crippen molar-refractivity contribution < 1.29 is 14.6 Å². The first kappa shape index (κ1) is 24.6. The summed E-state index contributed by atoms with van der Waals surface area (Å²) in [4.78, 5) is 13.9. The van der Waals surface area contributed by atoms with Crippen molar-refractivity contribution in [3.63, 3.8) is 0 Å². The number of carbonyl (C=O) groups excluding carboxylic acids is 1. The summed E-state index contributed by atoms with van der Waals surface area (Å²) in [5.41, 5.74) is 5.24. The molecule has 0 radical (unpaired) electrons. The maximum Gasteiger partial charge on any atom is 0.221 e. The van der Waals surface area contributed by atoms with Crippen LogP contribution < -0.4 is 10.1 Å². The van der Waals surface area contributed by atoms with Crippen molar-refractivity contribution in [2.45, 2.75) is 26.2 Å². The summed E-state index contributed by atoms with van der Waals surface area (Å²) < 4.78 is 7.86. The van der Waals surface area contributed by atoms with Crippen LogP contribution in [0.25, 0.3) is 28.2 Å². The average molecular weight is 497 g/mol. The number of hydrogen-bond acceptors (Lipinski definition) is 5. The van der Waals surface area contributed by atoms with Crippen molar-refractivity contribution in [2.75, 3.05) is 31.6 Å². The molecule has 0 bridgehead atoms. The summed E-state index contributed by atoms with van der Waals surface area (Å²) in [5, 5.41) is 17.5. The van der Waals surface area contributed by atoms with Gasteiger partial charge in [0.25, 0.3) is 0 Å². The van der Waals surface area contributed by atoms with Crippen molar-refractivity contribution in [1.29, 1.82) is 0 Å². The van der Waals surface area contributed by atoms with Gasteiger partial charge in [0.15, 0.2) is 0 Å². The first-order valence-electron chi connectivity index (χ1n) is 12.8. The second kappa shape index (κ2) is 11.3. The predicted molar refractivity (Wildman–Crippen MR) is 146 cm³/mol. The Morgan fingerprint density at radius 2 is 1.59 bits per heavy atom. The zero-order valence-corrected chi connectivity index (χ0v) is 21.1. The number of hydrogen-bond donors (Lipinski definition) is 2. The molecule has 7 heteroatoms. The van der Waals surface area contributed by atoms with Gasteiger partial charge in [0.2, 0.25) is 5.91 Å². The minimum atomic E-state index is -0.108. The second-order valence-corrected chi connectivity index (χ2v) is 9.38. The minimum Gasteiger partial charge on any atom is -0.508 e. The molecule has 1 fully saturated rings. The molecule has 0 spiro atoms. The average Bonchev–Trinajstić information content (AvgIpc) is 3.36. The number of carbonyl (C=O) groups is 1. The zero-order chi connectivity index (χ0) is 25.6. The van der Waals surface area contributed by atoms with Crippen LogP contribution in [-0.4, -0.2) is 51.9 Å². The van der Waals surface area contributed by atoms with Crippen LogP contribution in [0.15, 0.2) is 78.9 Å². The van der Waals surface area contributed by atoms with E-state index >= 15 is 0 Å². The van der Waals surface area contributed by atoms with Crippen LogP contribution in [0.1, 0.15) is 26.2 Å². The van der Waals surface area contributed by atoms with Gasteiger partial charge in [0, 0.05) is 30.3 Å². The van der Waals surface area contributed by atoms with E-state index in [9.17, 15) is 9.90 Å². The molecular formula is C30H32N4O3. The fourth-order valence-corrected chi connectivity index (χ4v) is 4.64. The van der Waals surface area contributed by atoms with Crippen molar-refractivity contribution >= 4 is 11.6 Å². The van der Waals surface area contributed by atoms with E-state index in [4.69, 9.17) is 9.84 Å². The van der Waals surface area contributed by atoms with Crippen LogP contribution in [-0.2, 0) is 4.79 Å². The Hall–Kier alpha value is -4.10. The van der Waals surface area contributed by atoms with E-state index in [0.29, 0.717) is 6.61 Å². The molecule has 1 aromatic heterocycles. The van der Waals surface area contributed by atoms with Crippen LogP contribution >= 0.6 is 0 Å². The molecule has 1 amide bonds. The Labute approximate surface area is 217 Å². The molecule has 5 rings (SSSR count). The van der Waals surface area contributed by atoms with E-state index in [-0.39, 0.29) is 11.7 Å². The number of phenolic OH excluding ortho intramolecular Hbond substituents is 1. The van der Waals surface area contributed by atoms with Crippen molar-refractivity contribution in [3.05, 3.63) is 78.9 Å². The minimum absolute atomic E-state index is 0.108. The van der Waals surface area contributed by atoms with Crippen LogP contribution in [0.3, 0.4) is 0 Å². The fraction of sp³-hybridized carbons (Fsp3) is 0.267. The maximum atomic E-state index is 11.4. The van der Waals surface area contributed by atoms with Gasteiger partial charge >= 0.3 is 0 Å². The maximum absolute atomic E-state index is 11.4. The van der Waals surface area contributed by atoms with E-state index in [0.717, 1.165) is 46.2 Å². The number of anilines is 1. The fourth-order valence-electron chi connectivity index (χ4n) is 4.64. The van der Waals surface area contributed by atoms with Crippen molar-refractivity contribution in [3.8, 4) is 39.7 Å². The highest BCUT2D eigenvalue weighted by molar-refractivity contribution is 5.89. The Bertz CT molecular complexity index is 1320. The summed E-state index contributed by atoms with van der Waals surface area (Å²) in [7, 11) is 0. The summed E-state index contributed by atoms with van der Waals surface area (Å²) in [6, 6.07) is 24.7. The van der Waals surface area contributed by atoms with Crippen LogP contribution in [0.5, 0.6) is 11.5 Å². The van der Waals surface area contributed by atoms with E-state index in [1.165, 1.54) is 39.3 Å². The van der Waals surface area contributed by atoms with Gasteiger partial charge in [-0.3, -0.25) is 9.69 Å². The summed E-state index contributed by atoms with van der Waals surface area (Å²) in [6.45, 7) is 5.48. The van der Waals surface area contributed by atoms with Crippen LogP contribution in [0, 0.1) is 0 Å². The highest BCUT2D eigenvalue weighted by atomic mass is 16.5. The van der Waals surface area contributed by atoms with Gasteiger partial charge in [-0.15, -0.1) is 0 Å². The first-order valence-corrected chi connectivity index (χ1v) is 12.8. The lowest BCUT2D eigenvalue weighted by Gasteiger charge is -2.26. The van der Waals surface area contributed by atoms with E-state index < -0.39 is 0 Å². The molecule has 190 valence electrons. The van der Waals surface area contributed by atoms with Gasteiger partial charge in [-0.05, 0) is 92.7 Å².